The Morgan fingerprint density at radius 2 is 1.75 bits per heavy atom. The third-order valence-corrected chi connectivity index (χ3v) is 7.80. The highest BCUT2D eigenvalue weighted by molar-refractivity contribution is 9.10. The van der Waals surface area contributed by atoms with Gasteiger partial charge in [-0.25, -0.2) is 13.9 Å². The number of carbonyl (C=O) groups excluding carboxylic acids is 1. The molecule has 3 aromatic rings. The molecule has 1 aromatic heterocycles. The van der Waals surface area contributed by atoms with Gasteiger partial charge in [-0.2, -0.15) is 0 Å². The molecule has 0 saturated heterocycles. The van der Waals surface area contributed by atoms with Crippen LogP contribution in [-0.4, -0.2) is 22.2 Å². The van der Waals surface area contributed by atoms with Gasteiger partial charge in [-0.05, 0) is 36.1 Å². The van der Waals surface area contributed by atoms with Crippen molar-refractivity contribution in [3.8, 4) is 0 Å². The van der Waals surface area contributed by atoms with Gasteiger partial charge in [0.1, 0.15) is 18.9 Å². The molecular formula is C29H36Br2N2O3. The van der Waals surface area contributed by atoms with Crippen LogP contribution in [0.2, 0.25) is 0 Å². The SMILES string of the molecule is Cc1n(CCCOC(=O)C(O)(c2ccccc2)C2CCCCCC2)cc[n+]1Cc1ccc(Br)cc1.[Br-]. The van der Waals surface area contributed by atoms with Crippen LogP contribution in [0.25, 0.3) is 0 Å². The van der Waals surface area contributed by atoms with Gasteiger partial charge in [0.25, 0.3) is 5.82 Å². The Labute approximate surface area is 233 Å². The molecule has 194 valence electrons. The zero-order chi connectivity index (χ0) is 24.7. The van der Waals surface area contributed by atoms with Crippen LogP contribution < -0.4 is 21.5 Å². The number of aromatic nitrogens is 2. The number of esters is 1. The summed E-state index contributed by atoms with van der Waals surface area (Å²) in [7, 11) is 0. The summed E-state index contributed by atoms with van der Waals surface area (Å²) in [5, 5.41) is 11.7. The summed E-state index contributed by atoms with van der Waals surface area (Å²) >= 11 is 3.48. The van der Waals surface area contributed by atoms with Crippen LogP contribution in [0.4, 0.5) is 0 Å². The van der Waals surface area contributed by atoms with Crippen molar-refractivity contribution in [1.82, 2.24) is 4.57 Å². The smallest absolute Gasteiger partial charge is 0.343 e. The number of hydrogen-bond donors (Lipinski definition) is 1. The number of ether oxygens (including phenoxy) is 1. The lowest BCUT2D eigenvalue weighted by Gasteiger charge is -2.34. The highest BCUT2D eigenvalue weighted by Crippen LogP contribution is 2.39. The second kappa shape index (κ2) is 13.5. The molecule has 0 radical (unpaired) electrons. The predicted octanol–water partition coefficient (Wildman–Crippen LogP) is 2.69. The maximum Gasteiger partial charge on any atom is 0.343 e. The summed E-state index contributed by atoms with van der Waals surface area (Å²) in [5.41, 5.74) is 0.307. The van der Waals surface area contributed by atoms with Crippen molar-refractivity contribution in [2.24, 2.45) is 5.92 Å². The fourth-order valence-electron chi connectivity index (χ4n) is 5.15. The van der Waals surface area contributed by atoms with E-state index < -0.39 is 11.6 Å². The molecule has 1 fully saturated rings. The van der Waals surface area contributed by atoms with Gasteiger partial charge < -0.3 is 26.8 Å². The summed E-state index contributed by atoms with van der Waals surface area (Å²) in [6, 6.07) is 17.7. The van der Waals surface area contributed by atoms with E-state index in [1.165, 1.54) is 5.56 Å². The van der Waals surface area contributed by atoms with E-state index >= 15 is 0 Å². The maximum atomic E-state index is 13.3. The molecule has 1 heterocycles. The van der Waals surface area contributed by atoms with Gasteiger partial charge in [0.15, 0.2) is 5.60 Å². The summed E-state index contributed by atoms with van der Waals surface area (Å²) in [5.74, 6) is 0.535. The first-order valence-electron chi connectivity index (χ1n) is 12.7. The zero-order valence-electron chi connectivity index (χ0n) is 20.9. The first-order valence-corrected chi connectivity index (χ1v) is 13.5. The van der Waals surface area contributed by atoms with Gasteiger partial charge in [-0.15, -0.1) is 0 Å². The Balaban J connectivity index is 0.00000361. The summed E-state index contributed by atoms with van der Waals surface area (Å²) < 4.78 is 11.2. The van der Waals surface area contributed by atoms with E-state index in [2.05, 4.69) is 68.6 Å². The molecule has 0 bridgehead atoms. The first kappa shape index (κ1) is 28.6. The number of aryl methyl sites for hydroxylation is 1. The van der Waals surface area contributed by atoms with Gasteiger partial charge in [-0.1, -0.05) is 84.1 Å². The van der Waals surface area contributed by atoms with Crippen LogP contribution >= 0.6 is 15.9 Å². The summed E-state index contributed by atoms with van der Waals surface area (Å²) in [6.07, 6.45) is 11.0. The largest absolute Gasteiger partial charge is 1.00 e. The number of benzene rings is 2. The van der Waals surface area contributed by atoms with Crippen molar-refractivity contribution >= 4 is 21.9 Å². The van der Waals surface area contributed by atoms with Crippen LogP contribution in [0.3, 0.4) is 0 Å². The van der Waals surface area contributed by atoms with E-state index in [0.717, 1.165) is 61.9 Å². The molecule has 0 amide bonds. The minimum absolute atomic E-state index is 0. The average Bonchev–Trinajstić information content (AvgIpc) is 3.06. The third-order valence-electron chi connectivity index (χ3n) is 7.27. The molecule has 1 atom stereocenters. The number of carbonyl (C=O) groups is 1. The van der Waals surface area contributed by atoms with Gasteiger partial charge >= 0.3 is 5.97 Å². The van der Waals surface area contributed by atoms with Crippen molar-refractivity contribution in [3.05, 3.63) is 88.4 Å². The van der Waals surface area contributed by atoms with Crippen LogP contribution in [-0.2, 0) is 28.2 Å². The first-order chi connectivity index (χ1) is 17.0. The topological polar surface area (TPSA) is 55.3 Å². The standard InChI is InChI=1S/C29H36BrN2O3.BrH/c1-23-31(19-20-32(23)22-24-14-16-27(30)17-15-24)18-9-21-35-28(33)29(34,26-12-7-4-8-13-26)25-10-5-2-3-6-11-25;/h4,7-8,12-17,19-20,25,34H,2-3,5-6,9-11,18,21-22H2,1H3;1H/q+1;/p-1. The minimum atomic E-state index is -1.58. The number of aliphatic hydroxyl groups is 1. The van der Waals surface area contributed by atoms with Crippen LogP contribution in [0.15, 0.2) is 71.5 Å². The summed E-state index contributed by atoms with van der Waals surface area (Å²) in [6.45, 7) is 3.95. The summed E-state index contributed by atoms with van der Waals surface area (Å²) in [4.78, 5) is 13.3. The number of hydrogen-bond acceptors (Lipinski definition) is 3. The van der Waals surface area contributed by atoms with E-state index in [1.807, 2.05) is 30.3 Å². The highest BCUT2D eigenvalue weighted by atomic mass is 79.9. The number of nitrogens with zero attached hydrogens (tertiary/aromatic N) is 2. The normalized spacial score (nSPS) is 16.0. The Hall–Kier alpha value is -1.96. The second-order valence-corrected chi connectivity index (χ2v) is 10.5. The lowest BCUT2D eigenvalue weighted by Crippen LogP contribution is -3.00. The van der Waals surface area contributed by atoms with Crippen molar-refractivity contribution < 1.29 is 36.2 Å². The molecule has 1 unspecified atom stereocenters. The lowest BCUT2D eigenvalue weighted by molar-refractivity contribution is -0.694. The van der Waals surface area contributed by atoms with Crippen molar-refractivity contribution in [1.29, 1.82) is 0 Å². The molecule has 4 rings (SSSR count). The minimum Gasteiger partial charge on any atom is -1.00 e. The lowest BCUT2D eigenvalue weighted by atomic mass is 9.77. The van der Waals surface area contributed by atoms with Crippen LogP contribution in [0, 0.1) is 12.8 Å². The second-order valence-electron chi connectivity index (χ2n) is 9.60. The number of rotatable bonds is 9. The highest BCUT2D eigenvalue weighted by Gasteiger charge is 2.46. The molecule has 1 saturated carbocycles. The molecule has 5 nitrogen and oxygen atoms in total. The fraction of sp³-hybridized carbons (Fsp3) is 0.448. The Kier molecular flexibility index (Phi) is 10.8. The van der Waals surface area contributed by atoms with Gasteiger partial charge in [0, 0.05) is 23.7 Å². The van der Waals surface area contributed by atoms with Gasteiger partial charge in [0.2, 0.25) is 0 Å². The fourth-order valence-corrected chi connectivity index (χ4v) is 5.42. The zero-order valence-corrected chi connectivity index (χ0v) is 24.1. The van der Waals surface area contributed by atoms with E-state index in [-0.39, 0.29) is 29.5 Å². The van der Waals surface area contributed by atoms with E-state index in [0.29, 0.717) is 12.0 Å². The van der Waals surface area contributed by atoms with E-state index in [1.54, 1.807) is 0 Å². The molecule has 1 aliphatic rings. The maximum absolute atomic E-state index is 13.3. The Bertz CT molecular complexity index is 1090. The van der Waals surface area contributed by atoms with E-state index in [4.69, 9.17) is 4.74 Å². The Morgan fingerprint density at radius 3 is 2.42 bits per heavy atom. The van der Waals surface area contributed by atoms with Crippen molar-refractivity contribution in [3.63, 3.8) is 0 Å². The van der Waals surface area contributed by atoms with Crippen molar-refractivity contribution in [2.45, 2.75) is 70.6 Å². The predicted molar refractivity (Wildman–Crippen MR) is 140 cm³/mol. The number of imidazole rings is 1. The molecule has 1 aliphatic carbocycles. The van der Waals surface area contributed by atoms with Crippen LogP contribution in [0.5, 0.6) is 0 Å². The third kappa shape index (κ3) is 6.87. The van der Waals surface area contributed by atoms with E-state index in [9.17, 15) is 9.90 Å². The van der Waals surface area contributed by atoms with Gasteiger partial charge in [0.05, 0.1) is 13.2 Å². The monoisotopic (exact) mass is 618 g/mol. The quantitative estimate of drug-likeness (QED) is 0.173. The average molecular weight is 620 g/mol. The molecule has 0 spiro atoms. The molecule has 0 aliphatic heterocycles. The molecule has 36 heavy (non-hydrogen) atoms. The van der Waals surface area contributed by atoms with Gasteiger partial charge in [-0.3, -0.25) is 0 Å². The Morgan fingerprint density at radius 1 is 1.08 bits per heavy atom. The molecular weight excluding hydrogens is 584 g/mol. The molecule has 7 heteroatoms. The van der Waals surface area contributed by atoms with Crippen molar-refractivity contribution in [2.75, 3.05) is 6.61 Å². The number of halogens is 2. The molecule has 1 N–H and O–H groups in total. The molecule has 2 aromatic carbocycles. The van der Waals surface area contributed by atoms with Crippen LogP contribution in [0.1, 0.15) is 61.9 Å².